The van der Waals surface area contributed by atoms with Gasteiger partial charge in [0.1, 0.15) is 12.0 Å². The Kier molecular flexibility index (Phi) is 3.41. The Morgan fingerprint density at radius 1 is 1.53 bits per heavy atom. The van der Waals surface area contributed by atoms with E-state index in [0.29, 0.717) is 23.9 Å². The van der Waals surface area contributed by atoms with Gasteiger partial charge in [0.25, 0.3) is 0 Å². The molecule has 1 aliphatic heterocycles. The maximum atomic E-state index is 12.0. The minimum Gasteiger partial charge on any atom is -0.479 e. The van der Waals surface area contributed by atoms with Gasteiger partial charge in [0.15, 0.2) is 5.82 Å². The quantitative estimate of drug-likeness (QED) is 0.826. The highest BCUT2D eigenvalue weighted by Gasteiger charge is 2.25. The average Bonchev–Trinajstić information content (AvgIpc) is 2.50. The van der Waals surface area contributed by atoms with Gasteiger partial charge in [0.05, 0.1) is 13.0 Å². The molecule has 2 N–H and O–H groups in total. The van der Waals surface area contributed by atoms with Crippen LogP contribution in [0.25, 0.3) is 0 Å². The molecule has 0 bridgehead atoms. The molecule has 1 aromatic rings. The number of nitrogens with one attached hydrogen (secondary N) is 2. The Morgan fingerprint density at radius 3 is 3.06 bits per heavy atom. The van der Waals surface area contributed by atoms with Crippen LogP contribution in [0.1, 0.15) is 19.8 Å². The van der Waals surface area contributed by atoms with E-state index in [9.17, 15) is 4.79 Å². The molecule has 2 rings (SSSR count). The fourth-order valence-corrected chi connectivity index (χ4v) is 1.89. The maximum absolute atomic E-state index is 12.0. The third-order valence-electron chi connectivity index (χ3n) is 2.78. The topological polar surface area (TPSA) is 76.1 Å². The molecule has 0 saturated carbocycles. The third-order valence-corrected chi connectivity index (χ3v) is 2.78. The summed E-state index contributed by atoms with van der Waals surface area (Å²) in [5.74, 6) is 0.946. The fraction of sp³-hybridized carbons (Fsp3) is 0.545. The minimum absolute atomic E-state index is 0.00815. The second-order valence-corrected chi connectivity index (χ2v) is 3.96. The van der Waals surface area contributed by atoms with E-state index in [1.165, 1.54) is 13.4 Å². The number of carbonyl (C=O) groups excluding carboxylic acids is 1. The molecule has 0 spiro atoms. The van der Waals surface area contributed by atoms with E-state index in [1.54, 1.807) is 0 Å². The first-order chi connectivity index (χ1) is 8.26. The van der Waals surface area contributed by atoms with Crippen molar-refractivity contribution >= 4 is 17.4 Å². The molecule has 92 valence electrons. The highest BCUT2D eigenvalue weighted by atomic mass is 16.5. The maximum Gasteiger partial charge on any atom is 0.242 e. The lowest BCUT2D eigenvalue weighted by atomic mass is 10.0. The Morgan fingerprint density at radius 2 is 2.35 bits per heavy atom. The first kappa shape index (κ1) is 11.6. The standard InChI is InChI=1S/C11H16N4O2/c1-3-4-7-5-12-9-8(15-10(7)16)11(17-2)14-6-13-9/h6-7H,3-5H2,1-2H3,(H,15,16)(H,12,13,14). The average molecular weight is 236 g/mol. The lowest BCUT2D eigenvalue weighted by Gasteiger charge is -2.11. The summed E-state index contributed by atoms with van der Waals surface area (Å²) in [5.41, 5.74) is 0.526. The number of aromatic nitrogens is 2. The molecular formula is C11H16N4O2. The molecule has 1 aromatic heterocycles. The van der Waals surface area contributed by atoms with Crippen LogP contribution in [0.5, 0.6) is 5.88 Å². The van der Waals surface area contributed by atoms with Gasteiger partial charge >= 0.3 is 0 Å². The Hall–Kier alpha value is -1.85. The van der Waals surface area contributed by atoms with Crippen LogP contribution in [0.15, 0.2) is 6.33 Å². The van der Waals surface area contributed by atoms with Crippen molar-refractivity contribution in [2.24, 2.45) is 5.92 Å². The molecule has 0 radical (unpaired) electrons. The molecule has 6 heteroatoms. The molecule has 1 amide bonds. The fourth-order valence-electron chi connectivity index (χ4n) is 1.89. The van der Waals surface area contributed by atoms with Crippen LogP contribution >= 0.6 is 0 Å². The molecule has 0 fully saturated rings. The van der Waals surface area contributed by atoms with Crippen molar-refractivity contribution < 1.29 is 9.53 Å². The molecule has 0 aromatic carbocycles. The Labute approximate surface area is 99.8 Å². The molecule has 0 saturated heterocycles. The van der Waals surface area contributed by atoms with Crippen LogP contribution in [0.3, 0.4) is 0 Å². The van der Waals surface area contributed by atoms with Crippen molar-refractivity contribution in [2.75, 3.05) is 24.3 Å². The summed E-state index contributed by atoms with van der Waals surface area (Å²) in [6.45, 7) is 2.65. The van der Waals surface area contributed by atoms with E-state index >= 15 is 0 Å². The van der Waals surface area contributed by atoms with Crippen LogP contribution in [-0.4, -0.2) is 29.5 Å². The summed E-state index contributed by atoms with van der Waals surface area (Å²) >= 11 is 0. The number of amides is 1. The van der Waals surface area contributed by atoms with Crippen LogP contribution in [0, 0.1) is 5.92 Å². The second-order valence-electron chi connectivity index (χ2n) is 3.96. The molecule has 1 unspecified atom stereocenters. The predicted octanol–water partition coefficient (Wildman–Crippen LogP) is 1.27. The number of rotatable bonds is 3. The normalized spacial score (nSPS) is 18.7. The van der Waals surface area contributed by atoms with Gasteiger partial charge in [-0.3, -0.25) is 4.79 Å². The van der Waals surface area contributed by atoms with E-state index < -0.39 is 0 Å². The van der Waals surface area contributed by atoms with E-state index in [4.69, 9.17) is 4.74 Å². The molecule has 1 aliphatic rings. The van der Waals surface area contributed by atoms with E-state index in [0.717, 1.165) is 12.8 Å². The largest absolute Gasteiger partial charge is 0.479 e. The zero-order valence-electron chi connectivity index (χ0n) is 9.99. The number of nitrogens with zero attached hydrogens (tertiary/aromatic N) is 2. The van der Waals surface area contributed by atoms with Crippen molar-refractivity contribution in [3.8, 4) is 5.88 Å². The number of methoxy groups -OCH3 is 1. The number of fused-ring (bicyclic) bond motifs is 1. The predicted molar refractivity (Wildman–Crippen MR) is 64.1 cm³/mol. The van der Waals surface area contributed by atoms with Gasteiger partial charge < -0.3 is 15.4 Å². The first-order valence-corrected chi connectivity index (χ1v) is 5.70. The van der Waals surface area contributed by atoms with Gasteiger partial charge in [-0.25, -0.2) is 4.98 Å². The third kappa shape index (κ3) is 2.30. The lowest BCUT2D eigenvalue weighted by Crippen LogP contribution is -2.25. The first-order valence-electron chi connectivity index (χ1n) is 5.70. The van der Waals surface area contributed by atoms with Crippen LogP contribution in [0.4, 0.5) is 11.5 Å². The van der Waals surface area contributed by atoms with E-state index in [-0.39, 0.29) is 11.8 Å². The second kappa shape index (κ2) is 4.99. The van der Waals surface area contributed by atoms with Gasteiger partial charge in [0, 0.05) is 6.54 Å². The van der Waals surface area contributed by atoms with Crippen LogP contribution < -0.4 is 15.4 Å². The van der Waals surface area contributed by atoms with Crippen molar-refractivity contribution in [1.82, 2.24) is 9.97 Å². The number of hydrogen-bond donors (Lipinski definition) is 2. The van der Waals surface area contributed by atoms with Crippen LogP contribution in [-0.2, 0) is 4.79 Å². The monoisotopic (exact) mass is 236 g/mol. The number of carbonyl (C=O) groups is 1. The molecule has 2 heterocycles. The molecular weight excluding hydrogens is 220 g/mol. The SMILES string of the molecule is CCCC1CNc2ncnc(OC)c2NC1=O. The summed E-state index contributed by atoms with van der Waals surface area (Å²) in [5, 5.41) is 5.98. The summed E-state index contributed by atoms with van der Waals surface area (Å²) in [6, 6.07) is 0. The zero-order valence-corrected chi connectivity index (χ0v) is 9.99. The number of hydrogen-bond acceptors (Lipinski definition) is 5. The Bertz CT molecular complexity index is 422. The molecule has 17 heavy (non-hydrogen) atoms. The van der Waals surface area contributed by atoms with Crippen molar-refractivity contribution in [3.05, 3.63) is 6.33 Å². The van der Waals surface area contributed by atoms with Crippen molar-refractivity contribution in [3.63, 3.8) is 0 Å². The van der Waals surface area contributed by atoms with Crippen LogP contribution in [0.2, 0.25) is 0 Å². The summed E-state index contributed by atoms with van der Waals surface area (Å²) in [6.07, 6.45) is 3.23. The van der Waals surface area contributed by atoms with Gasteiger partial charge in [0.2, 0.25) is 11.8 Å². The van der Waals surface area contributed by atoms with Gasteiger partial charge in [-0.15, -0.1) is 0 Å². The highest BCUT2D eigenvalue weighted by molar-refractivity contribution is 5.98. The minimum atomic E-state index is -0.0427. The zero-order chi connectivity index (χ0) is 12.3. The van der Waals surface area contributed by atoms with Gasteiger partial charge in [-0.1, -0.05) is 13.3 Å². The summed E-state index contributed by atoms with van der Waals surface area (Å²) in [7, 11) is 1.52. The summed E-state index contributed by atoms with van der Waals surface area (Å²) in [4.78, 5) is 20.0. The van der Waals surface area contributed by atoms with Gasteiger partial charge in [-0.05, 0) is 6.42 Å². The van der Waals surface area contributed by atoms with Crippen molar-refractivity contribution in [2.45, 2.75) is 19.8 Å². The Balaban J connectivity index is 2.28. The molecule has 0 aliphatic carbocycles. The number of ether oxygens (including phenoxy) is 1. The highest BCUT2D eigenvalue weighted by Crippen LogP contribution is 2.31. The molecule has 1 atom stereocenters. The molecule has 6 nitrogen and oxygen atoms in total. The number of anilines is 2. The lowest BCUT2D eigenvalue weighted by molar-refractivity contribution is -0.119. The van der Waals surface area contributed by atoms with Gasteiger partial charge in [-0.2, -0.15) is 4.98 Å². The van der Waals surface area contributed by atoms with Crippen molar-refractivity contribution in [1.29, 1.82) is 0 Å². The van der Waals surface area contributed by atoms with E-state index in [1.807, 2.05) is 0 Å². The van der Waals surface area contributed by atoms with E-state index in [2.05, 4.69) is 27.5 Å². The smallest absolute Gasteiger partial charge is 0.242 e. The summed E-state index contributed by atoms with van der Waals surface area (Å²) < 4.78 is 5.11.